The summed E-state index contributed by atoms with van der Waals surface area (Å²) in [6.07, 6.45) is -0.442. The quantitative estimate of drug-likeness (QED) is 0.814. The molecule has 0 aliphatic rings. The molecule has 1 amide bonds. The number of rotatable bonds is 4. The van der Waals surface area contributed by atoms with Gasteiger partial charge in [0.05, 0.1) is 0 Å². The van der Waals surface area contributed by atoms with Gasteiger partial charge >= 0.3 is 6.09 Å². The lowest BCUT2D eigenvalue weighted by Gasteiger charge is -2.18. The molecule has 0 aromatic heterocycles. The summed E-state index contributed by atoms with van der Waals surface area (Å²) in [7, 11) is 0. The second-order valence-electron chi connectivity index (χ2n) is 4.40. The summed E-state index contributed by atoms with van der Waals surface area (Å²) < 4.78 is 5.02. The van der Waals surface area contributed by atoms with E-state index < -0.39 is 11.6 Å². The third-order valence-corrected chi connectivity index (χ3v) is 1.90. The Hall–Kier alpha value is -1.55. The Morgan fingerprint density at radius 1 is 1.38 bits per heavy atom. The first-order valence-electron chi connectivity index (χ1n) is 5.21. The lowest BCUT2D eigenvalue weighted by Crippen LogP contribution is -2.45. The van der Waals surface area contributed by atoms with Crippen molar-refractivity contribution in [1.82, 2.24) is 5.32 Å². The van der Waals surface area contributed by atoms with E-state index >= 15 is 0 Å². The highest BCUT2D eigenvalue weighted by Crippen LogP contribution is 2.00. The highest BCUT2D eigenvalue weighted by Gasteiger charge is 2.12. The van der Waals surface area contributed by atoms with Gasteiger partial charge in [0, 0.05) is 12.1 Å². The molecule has 0 unspecified atom stereocenters. The molecule has 0 aliphatic carbocycles. The summed E-state index contributed by atoms with van der Waals surface area (Å²) in [5, 5.41) is 2.61. The Morgan fingerprint density at radius 3 is 2.56 bits per heavy atom. The van der Waals surface area contributed by atoms with Gasteiger partial charge < -0.3 is 15.8 Å². The Kier molecular flexibility index (Phi) is 4.31. The zero-order chi connectivity index (χ0) is 12.0. The van der Waals surface area contributed by atoms with Gasteiger partial charge in [-0.15, -0.1) is 0 Å². The number of carbonyl (C=O) groups excluding carboxylic acids is 1. The SMILES string of the molecule is CC(C)(N)CNC(=O)OCc1ccccc1. The van der Waals surface area contributed by atoms with E-state index in [4.69, 9.17) is 10.5 Å². The van der Waals surface area contributed by atoms with Crippen LogP contribution in [-0.4, -0.2) is 18.2 Å². The molecule has 3 N–H and O–H groups in total. The number of alkyl carbamates (subject to hydrolysis) is 1. The number of benzene rings is 1. The zero-order valence-corrected chi connectivity index (χ0v) is 9.69. The molecule has 0 atom stereocenters. The summed E-state index contributed by atoms with van der Waals surface area (Å²) in [5.74, 6) is 0. The van der Waals surface area contributed by atoms with Crippen LogP contribution in [0.1, 0.15) is 19.4 Å². The molecule has 0 saturated carbocycles. The van der Waals surface area contributed by atoms with Gasteiger partial charge in [0.2, 0.25) is 0 Å². The third kappa shape index (κ3) is 5.36. The summed E-state index contributed by atoms with van der Waals surface area (Å²) in [5.41, 5.74) is 6.26. The Balaban J connectivity index is 2.26. The van der Waals surface area contributed by atoms with E-state index in [1.807, 2.05) is 44.2 Å². The van der Waals surface area contributed by atoms with Gasteiger partial charge in [-0.25, -0.2) is 4.79 Å². The molecule has 1 aromatic rings. The Morgan fingerprint density at radius 2 is 2.00 bits per heavy atom. The first kappa shape index (κ1) is 12.5. The van der Waals surface area contributed by atoms with Crippen LogP contribution in [0.15, 0.2) is 30.3 Å². The topological polar surface area (TPSA) is 64.3 Å². The molecular formula is C12H18N2O2. The van der Waals surface area contributed by atoms with Crippen molar-refractivity contribution in [3.05, 3.63) is 35.9 Å². The monoisotopic (exact) mass is 222 g/mol. The lowest BCUT2D eigenvalue weighted by atomic mass is 10.1. The third-order valence-electron chi connectivity index (χ3n) is 1.90. The molecule has 88 valence electrons. The predicted molar refractivity (Wildman–Crippen MR) is 62.9 cm³/mol. The number of hydrogen-bond donors (Lipinski definition) is 2. The summed E-state index contributed by atoms with van der Waals surface area (Å²) in [6, 6.07) is 9.53. The van der Waals surface area contributed by atoms with E-state index in [-0.39, 0.29) is 6.61 Å². The molecule has 0 aliphatic heterocycles. The van der Waals surface area contributed by atoms with Crippen LogP contribution in [0, 0.1) is 0 Å². The maximum atomic E-state index is 11.3. The average molecular weight is 222 g/mol. The highest BCUT2D eigenvalue weighted by atomic mass is 16.5. The van der Waals surface area contributed by atoms with Gasteiger partial charge in [0.15, 0.2) is 0 Å². The van der Waals surface area contributed by atoms with Crippen molar-refractivity contribution in [1.29, 1.82) is 0 Å². The van der Waals surface area contributed by atoms with E-state index in [0.717, 1.165) is 5.56 Å². The van der Waals surface area contributed by atoms with Crippen molar-refractivity contribution in [3.8, 4) is 0 Å². The van der Waals surface area contributed by atoms with Gasteiger partial charge in [-0.05, 0) is 19.4 Å². The normalized spacial score (nSPS) is 10.9. The predicted octanol–water partition coefficient (Wildman–Crippen LogP) is 1.65. The average Bonchev–Trinajstić information content (AvgIpc) is 2.24. The molecule has 0 bridgehead atoms. The van der Waals surface area contributed by atoms with E-state index in [1.165, 1.54) is 0 Å². The first-order chi connectivity index (χ1) is 7.47. The second-order valence-corrected chi connectivity index (χ2v) is 4.40. The van der Waals surface area contributed by atoms with E-state index in [1.54, 1.807) is 0 Å². The fourth-order valence-electron chi connectivity index (χ4n) is 1.07. The standard InChI is InChI=1S/C12H18N2O2/c1-12(2,13)9-14-11(15)16-8-10-6-4-3-5-7-10/h3-7H,8-9,13H2,1-2H3,(H,14,15). The smallest absolute Gasteiger partial charge is 0.407 e. The maximum absolute atomic E-state index is 11.3. The van der Waals surface area contributed by atoms with Crippen LogP contribution in [0.3, 0.4) is 0 Å². The fraction of sp³-hybridized carbons (Fsp3) is 0.417. The van der Waals surface area contributed by atoms with Gasteiger partial charge in [-0.3, -0.25) is 0 Å². The fourth-order valence-corrected chi connectivity index (χ4v) is 1.07. The van der Waals surface area contributed by atoms with Crippen LogP contribution >= 0.6 is 0 Å². The Bertz CT molecular complexity index is 331. The zero-order valence-electron chi connectivity index (χ0n) is 9.69. The summed E-state index contributed by atoms with van der Waals surface area (Å²) in [4.78, 5) is 11.3. The molecular weight excluding hydrogens is 204 g/mol. The van der Waals surface area contributed by atoms with Gasteiger partial charge in [0.25, 0.3) is 0 Å². The minimum Gasteiger partial charge on any atom is -0.445 e. The molecule has 0 spiro atoms. The maximum Gasteiger partial charge on any atom is 0.407 e. The number of ether oxygens (including phenoxy) is 1. The van der Waals surface area contributed by atoms with Crippen LogP contribution < -0.4 is 11.1 Å². The minimum absolute atomic E-state index is 0.275. The van der Waals surface area contributed by atoms with Gasteiger partial charge in [0.1, 0.15) is 6.61 Å². The number of amides is 1. The molecule has 0 saturated heterocycles. The molecule has 4 nitrogen and oxygen atoms in total. The van der Waals surface area contributed by atoms with Crippen molar-refractivity contribution >= 4 is 6.09 Å². The molecule has 0 heterocycles. The number of nitrogens with one attached hydrogen (secondary N) is 1. The molecule has 0 radical (unpaired) electrons. The van der Waals surface area contributed by atoms with Crippen molar-refractivity contribution in [2.75, 3.05) is 6.54 Å². The number of nitrogens with two attached hydrogens (primary N) is 1. The van der Waals surface area contributed by atoms with Crippen LogP contribution in [0.4, 0.5) is 4.79 Å². The molecule has 1 aromatic carbocycles. The Labute approximate surface area is 95.8 Å². The van der Waals surface area contributed by atoms with Crippen LogP contribution in [0.2, 0.25) is 0 Å². The van der Waals surface area contributed by atoms with Crippen molar-refractivity contribution in [2.24, 2.45) is 5.73 Å². The number of hydrogen-bond acceptors (Lipinski definition) is 3. The molecule has 0 fully saturated rings. The van der Waals surface area contributed by atoms with Gasteiger partial charge in [-0.2, -0.15) is 0 Å². The second kappa shape index (κ2) is 5.51. The number of carbonyl (C=O) groups is 1. The summed E-state index contributed by atoms with van der Waals surface area (Å²) in [6.45, 7) is 4.34. The van der Waals surface area contributed by atoms with Crippen LogP contribution in [0.25, 0.3) is 0 Å². The van der Waals surface area contributed by atoms with Crippen molar-refractivity contribution in [2.45, 2.75) is 26.0 Å². The first-order valence-corrected chi connectivity index (χ1v) is 5.21. The summed E-state index contributed by atoms with van der Waals surface area (Å²) >= 11 is 0. The highest BCUT2D eigenvalue weighted by molar-refractivity contribution is 5.67. The van der Waals surface area contributed by atoms with Crippen molar-refractivity contribution in [3.63, 3.8) is 0 Å². The molecule has 4 heteroatoms. The van der Waals surface area contributed by atoms with E-state index in [0.29, 0.717) is 6.54 Å². The molecule has 16 heavy (non-hydrogen) atoms. The lowest BCUT2D eigenvalue weighted by molar-refractivity contribution is 0.137. The molecule has 1 rings (SSSR count). The van der Waals surface area contributed by atoms with Crippen LogP contribution in [-0.2, 0) is 11.3 Å². The van der Waals surface area contributed by atoms with Gasteiger partial charge in [-0.1, -0.05) is 30.3 Å². The van der Waals surface area contributed by atoms with Crippen molar-refractivity contribution < 1.29 is 9.53 Å². The van der Waals surface area contributed by atoms with E-state index in [2.05, 4.69) is 5.32 Å². The largest absolute Gasteiger partial charge is 0.445 e. The van der Waals surface area contributed by atoms with Crippen LogP contribution in [0.5, 0.6) is 0 Å². The van der Waals surface area contributed by atoms with E-state index in [9.17, 15) is 4.79 Å². The minimum atomic E-state index is -0.442.